The molecular weight excluding hydrogens is 332 g/mol. The average molecular weight is 358 g/mol. The molecule has 2 heterocycles. The first-order valence-corrected chi connectivity index (χ1v) is 9.75. The van der Waals surface area contributed by atoms with Gasteiger partial charge in [0.1, 0.15) is 5.82 Å². The maximum absolute atomic E-state index is 12.5. The molecule has 3 unspecified atom stereocenters. The summed E-state index contributed by atoms with van der Waals surface area (Å²) in [6.07, 6.45) is 7.85. The Balaban J connectivity index is 1.34. The van der Waals surface area contributed by atoms with Crippen LogP contribution in [0.25, 0.3) is 0 Å². The summed E-state index contributed by atoms with van der Waals surface area (Å²) in [7, 11) is 0. The van der Waals surface area contributed by atoms with Crippen LogP contribution in [0.4, 0.5) is 5.82 Å². The molecule has 3 fully saturated rings. The zero-order valence-corrected chi connectivity index (χ0v) is 15.2. The van der Waals surface area contributed by atoms with Crippen molar-refractivity contribution in [2.75, 3.05) is 11.9 Å². The number of hydrogen-bond acceptors (Lipinski definition) is 4. The third-order valence-corrected chi connectivity index (χ3v) is 6.12. The number of nitrogens with zero attached hydrogens (tertiary/aromatic N) is 3. The predicted octanol–water partition coefficient (Wildman–Crippen LogP) is 2.36. The highest BCUT2D eigenvalue weighted by molar-refractivity contribution is 6.05. The Bertz CT molecular complexity index is 700. The van der Waals surface area contributed by atoms with E-state index in [1.807, 2.05) is 4.68 Å². The van der Waals surface area contributed by atoms with Crippen LogP contribution in [0, 0.1) is 17.8 Å². The highest BCUT2D eigenvalue weighted by atomic mass is 16.2. The summed E-state index contributed by atoms with van der Waals surface area (Å²) in [5.41, 5.74) is 0. The minimum Gasteiger partial charge on any atom is -0.311 e. The van der Waals surface area contributed by atoms with Gasteiger partial charge in [0.05, 0.1) is 24.1 Å². The largest absolute Gasteiger partial charge is 0.311 e. The van der Waals surface area contributed by atoms with Gasteiger partial charge in [-0.1, -0.05) is 12.8 Å². The van der Waals surface area contributed by atoms with E-state index in [0.717, 1.165) is 25.7 Å². The summed E-state index contributed by atoms with van der Waals surface area (Å²) >= 11 is 0. The molecule has 7 nitrogen and oxygen atoms in total. The van der Waals surface area contributed by atoms with Crippen molar-refractivity contribution in [1.82, 2.24) is 14.7 Å². The number of likely N-dealkylation sites (tertiary alicyclic amines) is 1. The van der Waals surface area contributed by atoms with Crippen LogP contribution in [0.2, 0.25) is 0 Å². The van der Waals surface area contributed by atoms with Crippen LogP contribution < -0.4 is 5.32 Å². The second-order valence-corrected chi connectivity index (χ2v) is 7.86. The van der Waals surface area contributed by atoms with Crippen LogP contribution in [0.1, 0.15) is 57.9 Å². The van der Waals surface area contributed by atoms with E-state index in [1.165, 1.54) is 17.7 Å². The Hall–Kier alpha value is -2.18. The summed E-state index contributed by atoms with van der Waals surface area (Å²) in [6.45, 7) is 2.28. The summed E-state index contributed by atoms with van der Waals surface area (Å²) in [4.78, 5) is 38.6. The molecule has 2 saturated carbocycles. The molecule has 1 N–H and O–H groups in total. The number of amides is 3. The van der Waals surface area contributed by atoms with E-state index in [1.54, 1.807) is 12.3 Å². The number of fused-ring (bicyclic) bond motifs is 1. The standard InChI is InChI=1S/C19H26N4O3/c1-12(13-6-7-13)23-16(8-10-20-23)21-17(24)9-11-22-18(25)14-4-2-3-5-15(14)19(22)26/h8,10,12-15H,2-7,9,11H2,1H3,(H,21,24). The second-order valence-electron chi connectivity index (χ2n) is 7.86. The molecule has 0 bridgehead atoms. The van der Waals surface area contributed by atoms with Crippen molar-refractivity contribution in [2.45, 2.75) is 57.9 Å². The van der Waals surface area contributed by atoms with Crippen LogP contribution in [-0.4, -0.2) is 38.9 Å². The number of imide groups is 1. The number of anilines is 1. The number of carbonyl (C=O) groups excluding carboxylic acids is 3. The van der Waals surface area contributed by atoms with Gasteiger partial charge in [-0.25, -0.2) is 4.68 Å². The van der Waals surface area contributed by atoms with E-state index in [9.17, 15) is 14.4 Å². The van der Waals surface area contributed by atoms with Crippen molar-refractivity contribution in [2.24, 2.45) is 17.8 Å². The van der Waals surface area contributed by atoms with Gasteiger partial charge in [0.2, 0.25) is 17.7 Å². The molecule has 1 aromatic heterocycles. The molecule has 140 valence electrons. The minimum atomic E-state index is -0.190. The van der Waals surface area contributed by atoms with Gasteiger partial charge < -0.3 is 5.32 Å². The molecule has 0 spiro atoms. The van der Waals surface area contributed by atoms with Crippen molar-refractivity contribution in [1.29, 1.82) is 0 Å². The van der Waals surface area contributed by atoms with Crippen molar-refractivity contribution in [3.05, 3.63) is 12.3 Å². The highest BCUT2D eigenvalue weighted by Crippen LogP contribution is 2.40. The molecule has 3 atom stereocenters. The van der Waals surface area contributed by atoms with E-state index >= 15 is 0 Å². The van der Waals surface area contributed by atoms with Crippen LogP contribution in [0.3, 0.4) is 0 Å². The van der Waals surface area contributed by atoms with E-state index in [0.29, 0.717) is 11.7 Å². The van der Waals surface area contributed by atoms with E-state index in [-0.39, 0.29) is 48.6 Å². The third-order valence-electron chi connectivity index (χ3n) is 6.12. The maximum Gasteiger partial charge on any atom is 0.233 e. The second kappa shape index (κ2) is 6.85. The molecule has 2 aliphatic carbocycles. The molecule has 1 saturated heterocycles. The molecule has 3 aliphatic rings. The first-order chi connectivity index (χ1) is 12.6. The Labute approximate surface area is 153 Å². The molecule has 0 radical (unpaired) electrons. The smallest absolute Gasteiger partial charge is 0.233 e. The monoisotopic (exact) mass is 358 g/mol. The van der Waals surface area contributed by atoms with Crippen LogP contribution in [0.15, 0.2) is 12.3 Å². The average Bonchev–Trinajstić information content (AvgIpc) is 3.35. The maximum atomic E-state index is 12.5. The number of carbonyl (C=O) groups is 3. The Morgan fingerprint density at radius 3 is 2.46 bits per heavy atom. The molecule has 26 heavy (non-hydrogen) atoms. The molecule has 4 rings (SSSR count). The van der Waals surface area contributed by atoms with Crippen LogP contribution >= 0.6 is 0 Å². The molecule has 7 heteroatoms. The molecule has 0 aromatic carbocycles. The molecule has 1 aromatic rings. The van der Waals surface area contributed by atoms with E-state index < -0.39 is 0 Å². The van der Waals surface area contributed by atoms with Crippen molar-refractivity contribution >= 4 is 23.5 Å². The van der Waals surface area contributed by atoms with Gasteiger partial charge in [-0.2, -0.15) is 5.10 Å². The summed E-state index contributed by atoms with van der Waals surface area (Å²) in [5.74, 6) is 0.654. The number of rotatable bonds is 6. The SMILES string of the molecule is CC(C1CC1)n1nccc1NC(=O)CCN1C(=O)C2CCCCC2C1=O. The van der Waals surface area contributed by atoms with Crippen molar-refractivity contribution in [3.8, 4) is 0 Å². The predicted molar refractivity (Wildman–Crippen MR) is 95.1 cm³/mol. The van der Waals surface area contributed by atoms with Crippen molar-refractivity contribution < 1.29 is 14.4 Å². The van der Waals surface area contributed by atoms with E-state index in [2.05, 4.69) is 17.3 Å². The highest BCUT2D eigenvalue weighted by Gasteiger charge is 2.47. The fraction of sp³-hybridized carbons (Fsp3) is 0.684. The first kappa shape index (κ1) is 17.2. The summed E-state index contributed by atoms with van der Waals surface area (Å²) in [6, 6.07) is 2.06. The lowest BCUT2D eigenvalue weighted by Crippen LogP contribution is -2.34. The Kier molecular flexibility index (Phi) is 4.54. The van der Waals surface area contributed by atoms with Gasteiger partial charge in [-0.3, -0.25) is 19.3 Å². The Morgan fingerprint density at radius 2 is 1.85 bits per heavy atom. The normalized spacial score (nSPS) is 26.7. The zero-order valence-electron chi connectivity index (χ0n) is 15.2. The van der Waals surface area contributed by atoms with Crippen molar-refractivity contribution in [3.63, 3.8) is 0 Å². The summed E-state index contributed by atoms with van der Waals surface area (Å²) in [5, 5.41) is 7.21. The van der Waals surface area contributed by atoms with Crippen LogP contribution in [0.5, 0.6) is 0 Å². The van der Waals surface area contributed by atoms with Gasteiger partial charge >= 0.3 is 0 Å². The third kappa shape index (κ3) is 3.15. The number of nitrogens with one attached hydrogen (secondary N) is 1. The van der Waals surface area contributed by atoms with Crippen LogP contribution in [-0.2, 0) is 14.4 Å². The lowest BCUT2D eigenvalue weighted by atomic mass is 9.81. The Morgan fingerprint density at radius 1 is 1.19 bits per heavy atom. The van der Waals surface area contributed by atoms with Gasteiger partial charge in [0, 0.05) is 19.0 Å². The summed E-state index contributed by atoms with van der Waals surface area (Å²) < 4.78 is 1.86. The number of hydrogen-bond donors (Lipinski definition) is 1. The van der Waals surface area contributed by atoms with Gasteiger partial charge in [-0.05, 0) is 38.5 Å². The quantitative estimate of drug-likeness (QED) is 0.791. The van der Waals surface area contributed by atoms with Gasteiger partial charge in [0.15, 0.2) is 0 Å². The minimum absolute atomic E-state index is 0.0834. The fourth-order valence-corrected chi connectivity index (χ4v) is 4.39. The molecular formula is C19H26N4O3. The first-order valence-electron chi connectivity index (χ1n) is 9.75. The zero-order chi connectivity index (χ0) is 18.3. The van der Waals surface area contributed by atoms with Gasteiger partial charge in [-0.15, -0.1) is 0 Å². The van der Waals surface area contributed by atoms with Gasteiger partial charge in [0.25, 0.3) is 0 Å². The lowest BCUT2D eigenvalue weighted by Gasteiger charge is -2.19. The lowest BCUT2D eigenvalue weighted by molar-refractivity contribution is -0.140. The topological polar surface area (TPSA) is 84.3 Å². The number of aromatic nitrogens is 2. The molecule has 3 amide bonds. The fourth-order valence-electron chi connectivity index (χ4n) is 4.39. The van der Waals surface area contributed by atoms with E-state index in [4.69, 9.17) is 0 Å². The molecule has 1 aliphatic heterocycles.